The lowest BCUT2D eigenvalue weighted by Crippen LogP contribution is -2.23. The highest BCUT2D eigenvalue weighted by Gasteiger charge is 2.11. The molecule has 1 aromatic rings. The average Bonchev–Trinajstić information content (AvgIpc) is 2.31. The number of rotatable bonds is 7. The van der Waals surface area contributed by atoms with Crippen molar-refractivity contribution in [2.45, 2.75) is 25.8 Å². The van der Waals surface area contributed by atoms with Crippen LogP contribution in [0.2, 0.25) is 0 Å². The van der Waals surface area contributed by atoms with E-state index < -0.39 is 0 Å². The molecule has 1 nitrogen and oxygen atoms in total. The minimum Gasteiger partial charge on any atom is -0.310 e. The Hall–Kier alpha value is -0.540. The summed E-state index contributed by atoms with van der Waals surface area (Å²) in [5.74, 6) is 1.05. The normalized spacial score (nSPS) is 12.7. The SMILES string of the molecule is CCC(NCCCSC)c1ccccc1F. The van der Waals surface area contributed by atoms with Crippen molar-refractivity contribution < 1.29 is 4.39 Å². The van der Waals surface area contributed by atoms with Crippen LogP contribution >= 0.6 is 11.8 Å². The minimum absolute atomic E-state index is 0.105. The third kappa shape index (κ3) is 4.14. The van der Waals surface area contributed by atoms with Gasteiger partial charge in [0.15, 0.2) is 0 Å². The monoisotopic (exact) mass is 241 g/mol. The van der Waals surface area contributed by atoms with E-state index in [-0.39, 0.29) is 11.9 Å². The molecule has 0 aliphatic carbocycles. The fourth-order valence-corrected chi connectivity index (χ4v) is 2.16. The van der Waals surface area contributed by atoms with E-state index in [0.29, 0.717) is 0 Å². The van der Waals surface area contributed by atoms with Gasteiger partial charge < -0.3 is 5.32 Å². The zero-order valence-electron chi connectivity index (χ0n) is 10.0. The highest BCUT2D eigenvalue weighted by Crippen LogP contribution is 2.19. The zero-order chi connectivity index (χ0) is 11.8. The molecule has 1 aromatic carbocycles. The van der Waals surface area contributed by atoms with Gasteiger partial charge in [-0.05, 0) is 37.5 Å². The van der Waals surface area contributed by atoms with Gasteiger partial charge in [-0.2, -0.15) is 11.8 Å². The van der Waals surface area contributed by atoms with Gasteiger partial charge in [-0.25, -0.2) is 4.39 Å². The molecule has 0 heterocycles. The second-order valence-electron chi connectivity index (χ2n) is 3.78. The Morgan fingerprint density at radius 1 is 1.38 bits per heavy atom. The molecule has 1 atom stereocenters. The van der Waals surface area contributed by atoms with Crippen LogP contribution in [0, 0.1) is 5.82 Å². The van der Waals surface area contributed by atoms with Crippen LogP contribution in [0.25, 0.3) is 0 Å². The summed E-state index contributed by atoms with van der Waals surface area (Å²) < 4.78 is 13.6. The molecule has 0 aromatic heterocycles. The van der Waals surface area contributed by atoms with Gasteiger partial charge in [-0.15, -0.1) is 0 Å². The van der Waals surface area contributed by atoms with Crippen molar-refractivity contribution in [2.24, 2.45) is 0 Å². The molecule has 0 spiro atoms. The van der Waals surface area contributed by atoms with E-state index in [1.165, 1.54) is 6.07 Å². The zero-order valence-corrected chi connectivity index (χ0v) is 10.8. The smallest absolute Gasteiger partial charge is 0.127 e. The quantitative estimate of drug-likeness (QED) is 0.732. The molecule has 1 unspecified atom stereocenters. The van der Waals surface area contributed by atoms with Gasteiger partial charge in [-0.1, -0.05) is 25.1 Å². The summed E-state index contributed by atoms with van der Waals surface area (Å²) in [6, 6.07) is 7.17. The maximum Gasteiger partial charge on any atom is 0.127 e. The van der Waals surface area contributed by atoms with E-state index in [1.54, 1.807) is 6.07 Å². The molecule has 0 bridgehead atoms. The summed E-state index contributed by atoms with van der Waals surface area (Å²) in [6.45, 7) is 3.03. The maximum atomic E-state index is 13.6. The molecule has 0 saturated carbocycles. The predicted molar refractivity (Wildman–Crippen MR) is 70.4 cm³/mol. The van der Waals surface area contributed by atoms with Gasteiger partial charge in [0, 0.05) is 11.6 Å². The maximum absolute atomic E-state index is 13.6. The fourth-order valence-electron chi connectivity index (χ4n) is 1.72. The van der Waals surface area contributed by atoms with Gasteiger partial charge in [0.25, 0.3) is 0 Å². The fraction of sp³-hybridized carbons (Fsp3) is 0.538. The van der Waals surface area contributed by atoms with Crippen molar-refractivity contribution in [1.82, 2.24) is 5.32 Å². The second-order valence-corrected chi connectivity index (χ2v) is 4.77. The van der Waals surface area contributed by atoms with Crippen LogP contribution in [0.5, 0.6) is 0 Å². The lowest BCUT2D eigenvalue weighted by atomic mass is 10.0. The Morgan fingerprint density at radius 2 is 2.12 bits per heavy atom. The first kappa shape index (κ1) is 13.5. The molecule has 3 heteroatoms. The number of nitrogens with one attached hydrogen (secondary N) is 1. The van der Waals surface area contributed by atoms with Gasteiger partial charge in [0.1, 0.15) is 5.82 Å². The van der Waals surface area contributed by atoms with Crippen molar-refractivity contribution in [3.8, 4) is 0 Å². The molecule has 90 valence electrons. The van der Waals surface area contributed by atoms with Crippen LogP contribution in [0.1, 0.15) is 31.4 Å². The van der Waals surface area contributed by atoms with Crippen molar-refractivity contribution in [3.63, 3.8) is 0 Å². The summed E-state index contributed by atoms with van der Waals surface area (Å²) in [5.41, 5.74) is 0.786. The van der Waals surface area contributed by atoms with Crippen molar-refractivity contribution in [2.75, 3.05) is 18.6 Å². The van der Waals surface area contributed by atoms with Gasteiger partial charge >= 0.3 is 0 Å². The Bertz CT molecular complexity index is 304. The lowest BCUT2D eigenvalue weighted by molar-refractivity contribution is 0.489. The average molecular weight is 241 g/mol. The third-order valence-corrected chi connectivity index (χ3v) is 3.30. The number of halogens is 1. The van der Waals surface area contributed by atoms with Crippen LogP contribution in [0.4, 0.5) is 4.39 Å². The van der Waals surface area contributed by atoms with Crippen molar-refractivity contribution in [3.05, 3.63) is 35.6 Å². The first-order valence-electron chi connectivity index (χ1n) is 5.76. The van der Waals surface area contributed by atoms with Crippen molar-refractivity contribution in [1.29, 1.82) is 0 Å². The topological polar surface area (TPSA) is 12.0 Å². The minimum atomic E-state index is -0.105. The van der Waals surface area contributed by atoms with Crippen molar-refractivity contribution >= 4 is 11.8 Å². The summed E-state index contributed by atoms with van der Waals surface area (Å²) >= 11 is 1.85. The highest BCUT2D eigenvalue weighted by molar-refractivity contribution is 7.98. The largest absolute Gasteiger partial charge is 0.310 e. The van der Waals surface area contributed by atoms with Gasteiger partial charge in [-0.3, -0.25) is 0 Å². The molecule has 0 fully saturated rings. The Balaban J connectivity index is 2.51. The highest BCUT2D eigenvalue weighted by atomic mass is 32.2. The number of thioether (sulfide) groups is 1. The summed E-state index contributed by atoms with van der Waals surface area (Å²) in [5, 5.41) is 3.41. The molecular weight excluding hydrogens is 221 g/mol. The van der Waals surface area contributed by atoms with E-state index in [9.17, 15) is 4.39 Å². The Morgan fingerprint density at radius 3 is 2.75 bits per heavy atom. The van der Waals surface area contributed by atoms with E-state index >= 15 is 0 Å². The number of hydrogen-bond acceptors (Lipinski definition) is 2. The van der Waals surface area contributed by atoms with Crippen LogP contribution in [0.15, 0.2) is 24.3 Å². The molecule has 0 aliphatic heterocycles. The summed E-state index contributed by atoms with van der Waals surface area (Å²) in [4.78, 5) is 0. The number of benzene rings is 1. The molecule has 0 saturated heterocycles. The molecule has 16 heavy (non-hydrogen) atoms. The summed E-state index contributed by atoms with van der Waals surface area (Å²) in [7, 11) is 0. The van der Waals surface area contributed by atoms with Crippen LogP contribution < -0.4 is 5.32 Å². The molecule has 0 radical (unpaired) electrons. The molecular formula is C13H20FNS. The van der Waals surface area contributed by atoms with Gasteiger partial charge in [0.05, 0.1) is 0 Å². The number of hydrogen-bond donors (Lipinski definition) is 1. The first-order chi connectivity index (χ1) is 7.79. The summed E-state index contributed by atoms with van der Waals surface area (Å²) in [6.07, 6.45) is 4.15. The Kier molecular flexibility index (Phi) is 6.50. The molecule has 0 amide bonds. The predicted octanol–water partition coefficient (Wildman–Crippen LogP) is 3.62. The lowest BCUT2D eigenvalue weighted by Gasteiger charge is -2.17. The van der Waals surface area contributed by atoms with Crippen LogP contribution in [-0.4, -0.2) is 18.6 Å². The Labute approximate surface area is 102 Å². The van der Waals surface area contributed by atoms with E-state index in [1.807, 2.05) is 23.9 Å². The molecule has 1 N–H and O–H groups in total. The van der Waals surface area contributed by atoms with E-state index in [0.717, 1.165) is 30.7 Å². The van der Waals surface area contributed by atoms with E-state index in [2.05, 4.69) is 18.5 Å². The van der Waals surface area contributed by atoms with E-state index in [4.69, 9.17) is 0 Å². The third-order valence-electron chi connectivity index (χ3n) is 2.60. The van der Waals surface area contributed by atoms with Crippen LogP contribution in [-0.2, 0) is 0 Å². The first-order valence-corrected chi connectivity index (χ1v) is 7.15. The standard InChI is InChI=1S/C13H20FNS/c1-3-13(15-9-6-10-16-2)11-7-4-5-8-12(11)14/h4-5,7-8,13,15H,3,6,9-10H2,1-2H3. The van der Waals surface area contributed by atoms with Crippen LogP contribution in [0.3, 0.4) is 0 Å². The second kappa shape index (κ2) is 7.69. The molecule has 0 aliphatic rings. The molecule has 1 rings (SSSR count). The van der Waals surface area contributed by atoms with Gasteiger partial charge in [0.2, 0.25) is 0 Å².